The van der Waals surface area contributed by atoms with Crippen LogP contribution in [0.4, 0.5) is 5.82 Å². The second kappa shape index (κ2) is 7.67. The molecule has 0 bridgehead atoms. The Morgan fingerprint density at radius 2 is 2.04 bits per heavy atom. The molecule has 0 saturated carbocycles. The third-order valence-corrected chi connectivity index (χ3v) is 4.02. The molecule has 24 heavy (non-hydrogen) atoms. The van der Waals surface area contributed by atoms with Crippen LogP contribution in [0.3, 0.4) is 0 Å². The van der Waals surface area contributed by atoms with Gasteiger partial charge in [0.1, 0.15) is 18.2 Å². The summed E-state index contributed by atoms with van der Waals surface area (Å²) in [6, 6.07) is -0.0369. The number of ether oxygens (including phenoxy) is 1. The molecule has 0 spiro atoms. The Kier molecular flexibility index (Phi) is 5.37. The number of nitrogens with one attached hydrogen (secondary N) is 3. The molecule has 1 aliphatic rings. The number of aryl methyl sites for hydroxylation is 1. The molecule has 0 aliphatic carbocycles. The van der Waals surface area contributed by atoms with Crippen LogP contribution in [-0.4, -0.2) is 44.8 Å². The fourth-order valence-electron chi connectivity index (χ4n) is 2.80. The SMILES string of the molecule is CCOCc1nc2c(c(N[C@@H](C)c3n[nH]c(C)n3)n1)CCNCC2. The van der Waals surface area contributed by atoms with Crippen LogP contribution < -0.4 is 10.6 Å². The number of aromatic nitrogens is 5. The summed E-state index contributed by atoms with van der Waals surface area (Å²) >= 11 is 0. The first-order valence-electron chi connectivity index (χ1n) is 8.50. The fraction of sp³-hybridized carbons (Fsp3) is 0.625. The van der Waals surface area contributed by atoms with Crippen LogP contribution in [0.25, 0.3) is 0 Å². The molecule has 3 heterocycles. The van der Waals surface area contributed by atoms with Gasteiger partial charge in [0, 0.05) is 25.1 Å². The van der Waals surface area contributed by atoms with Gasteiger partial charge >= 0.3 is 0 Å². The van der Waals surface area contributed by atoms with Crippen LogP contribution in [0.15, 0.2) is 0 Å². The molecular weight excluding hydrogens is 306 g/mol. The molecule has 3 N–H and O–H groups in total. The fourth-order valence-corrected chi connectivity index (χ4v) is 2.80. The minimum absolute atomic E-state index is 0.0369. The number of H-pyrrole nitrogens is 1. The minimum Gasteiger partial charge on any atom is -0.374 e. The van der Waals surface area contributed by atoms with E-state index < -0.39 is 0 Å². The van der Waals surface area contributed by atoms with Crippen molar-refractivity contribution in [2.75, 3.05) is 25.0 Å². The van der Waals surface area contributed by atoms with Gasteiger partial charge in [-0.05, 0) is 33.7 Å². The van der Waals surface area contributed by atoms with E-state index in [2.05, 4.69) is 25.8 Å². The number of anilines is 1. The van der Waals surface area contributed by atoms with Crippen LogP contribution in [0.2, 0.25) is 0 Å². The van der Waals surface area contributed by atoms with E-state index in [4.69, 9.17) is 14.7 Å². The van der Waals surface area contributed by atoms with Crippen LogP contribution in [-0.2, 0) is 24.2 Å². The van der Waals surface area contributed by atoms with Crippen molar-refractivity contribution in [2.45, 2.75) is 46.3 Å². The number of nitrogens with zero attached hydrogens (tertiary/aromatic N) is 4. The molecule has 0 aromatic carbocycles. The van der Waals surface area contributed by atoms with Crippen LogP contribution >= 0.6 is 0 Å². The normalized spacial score (nSPS) is 15.6. The lowest BCUT2D eigenvalue weighted by Crippen LogP contribution is -2.17. The van der Waals surface area contributed by atoms with Crippen molar-refractivity contribution in [1.29, 1.82) is 0 Å². The summed E-state index contributed by atoms with van der Waals surface area (Å²) in [4.78, 5) is 13.8. The molecule has 8 nitrogen and oxygen atoms in total. The lowest BCUT2D eigenvalue weighted by Gasteiger charge is -2.17. The first-order chi connectivity index (χ1) is 11.7. The van der Waals surface area contributed by atoms with Crippen LogP contribution in [0.5, 0.6) is 0 Å². The summed E-state index contributed by atoms with van der Waals surface area (Å²) in [5, 5.41) is 14.0. The van der Waals surface area contributed by atoms with E-state index in [-0.39, 0.29) is 6.04 Å². The van der Waals surface area contributed by atoms with Crippen molar-refractivity contribution < 1.29 is 4.74 Å². The van der Waals surface area contributed by atoms with Gasteiger partial charge in [0.2, 0.25) is 0 Å². The summed E-state index contributed by atoms with van der Waals surface area (Å²) in [5.74, 6) is 3.13. The molecule has 2 aromatic heterocycles. The van der Waals surface area contributed by atoms with E-state index in [0.29, 0.717) is 13.2 Å². The topological polar surface area (TPSA) is 101 Å². The van der Waals surface area contributed by atoms with Crippen LogP contribution in [0, 0.1) is 6.92 Å². The Balaban J connectivity index is 1.88. The number of hydrogen-bond donors (Lipinski definition) is 3. The third-order valence-electron chi connectivity index (χ3n) is 4.02. The van der Waals surface area contributed by atoms with Crippen molar-refractivity contribution >= 4 is 5.82 Å². The van der Waals surface area contributed by atoms with Gasteiger partial charge in [-0.1, -0.05) is 0 Å². The lowest BCUT2D eigenvalue weighted by atomic mass is 10.1. The molecule has 1 atom stereocenters. The van der Waals surface area contributed by atoms with E-state index in [1.807, 2.05) is 20.8 Å². The standard InChI is InChI=1S/C16H25N7O/c1-4-24-9-14-20-13-6-8-17-7-5-12(13)16(21-14)18-10(2)15-19-11(3)22-23-15/h10,17H,4-9H2,1-3H3,(H,18,20,21)(H,19,22,23)/t10-/m0/s1. The van der Waals surface area contributed by atoms with E-state index in [1.165, 1.54) is 5.56 Å². The van der Waals surface area contributed by atoms with Gasteiger partial charge in [0.15, 0.2) is 11.6 Å². The average molecular weight is 331 g/mol. The Bertz CT molecular complexity index is 685. The summed E-state index contributed by atoms with van der Waals surface area (Å²) < 4.78 is 5.49. The predicted molar refractivity (Wildman–Crippen MR) is 90.8 cm³/mol. The van der Waals surface area contributed by atoms with Crippen LogP contribution in [0.1, 0.15) is 48.6 Å². The number of fused-ring (bicyclic) bond motifs is 1. The second-order valence-corrected chi connectivity index (χ2v) is 5.95. The maximum absolute atomic E-state index is 5.49. The second-order valence-electron chi connectivity index (χ2n) is 5.95. The molecule has 1 aliphatic heterocycles. The maximum Gasteiger partial charge on any atom is 0.172 e. The number of rotatable bonds is 6. The number of aromatic amines is 1. The van der Waals surface area contributed by atoms with Crippen molar-refractivity contribution in [2.24, 2.45) is 0 Å². The zero-order chi connectivity index (χ0) is 16.9. The summed E-state index contributed by atoms with van der Waals surface area (Å²) in [5.41, 5.74) is 2.28. The Labute approximate surface area is 141 Å². The molecule has 130 valence electrons. The molecule has 8 heteroatoms. The summed E-state index contributed by atoms with van der Waals surface area (Å²) in [7, 11) is 0. The van der Waals surface area contributed by atoms with Gasteiger partial charge in [-0.25, -0.2) is 15.0 Å². The summed E-state index contributed by atoms with van der Waals surface area (Å²) in [6.45, 7) is 8.86. The van der Waals surface area contributed by atoms with Gasteiger partial charge in [-0.15, -0.1) is 0 Å². The zero-order valence-corrected chi connectivity index (χ0v) is 14.5. The van der Waals surface area contributed by atoms with E-state index in [0.717, 1.165) is 54.9 Å². The Hall–Kier alpha value is -2.06. The lowest BCUT2D eigenvalue weighted by molar-refractivity contribution is 0.128. The maximum atomic E-state index is 5.49. The van der Waals surface area contributed by atoms with E-state index >= 15 is 0 Å². The highest BCUT2D eigenvalue weighted by molar-refractivity contribution is 5.48. The molecule has 3 rings (SSSR count). The van der Waals surface area contributed by atoms with Gasteiger partial charge < -0.3 is 15.4 Å². The summed E-state index contributed by atoms with van der Waals surface area (Å²) in [6.07, 6.45) is 1.81. The largest absolute Gasteiger partial charge is 0.374 e. The van der Waals surface area contributed by atoms with Gasteiger partial charge in [0.05, 0.1) is 11.7 Å². The molecule has 0 unspecified atom stereocenters. The Morgan fingerprint density at radius 3 is 2.79 bits per heavy atom. The van der Waals surface area contributed by atoms with E-state index in [9.17, 15) is 0 Å². The first-order valence-corrected chi connectivity index (χ1v) is 8.50. The van der Waals surface area contributed by atoms with Crippen molar-refractivity contribution in [1.82, 2.24) is 30.5 Å². The quantitative estimate of drug-likeness (QED) is 0.733. The van der Waals surface area contributed by atoms with Gasteiger partial charge in [-0.2, -0.15) is 5.10 Å². The highest BCUT2D eigenvalue weighted by atomic mass is 16.5. The molecule has 0 amide bonds. The molecule has 0 fully saturated rings. The first kappa shape index (κ1) is 16.8. The average Bonchev–Trinajstić information content (AvgIpc) is 2.87. The number of hydrogen-bond acceptors (Lipinski definition) is 7. The molecule has 0 radical (unpaired) electrons. The van der Waals surface area contributed by atoms with Gasteiger partial charge in [0.25, 0.3) is 0 Å². The molecule has 2 aromatic rings. The molecule has 0 saturated heterocycles. The predicted octanol–water partition coefficient (Wildman–Crippen LogP) is 1.30. The van der Waals surface area contributed by atoms with E-state index in [1.54, 1.807) is 0 Å². The highest BCUT2D eigenvalue weighted by Crippen LogP contribution is 2.23. The van der Waals surface area contributed by atoms with Crippen molar-refractivity contribution in [3.8, 4) is 0 Å². The van der Waals surface area contributed by atoms with Crippen molar-refractivity contribution in [3.63, 3.8) is 0 Å². The monoisotopic (exact) mass is 331 g/mol. The smallest absolute Gasteiger partial charge is 0.172 e. The third kappa shape index (κ3) is 3.88. The minimum atomic E-state index is -0.0369. The zero-order valence-electron chi connectivity index (χ0n) is 14.5. The van der Waals surface area contributed by atoms with Crippen molar-refractivity contribution in [3.05, 3.63) is 28.7 Å². The van der Waals surface area contributed by atoms with Gasteiger partial charge in [-0.3, -0.25) is 5.10 Å². The highest BCUT2D eigenvalue weighted by Gasteiger charge is 2.19. The Morgan fingerprint density at radius 1 is 1.21 bits per heavy atom. The molecular formula is C16H25N7O.